The van der Waals surface area contributed by atoms with Gasteiger partial charge in [0, 0.05) is 25.8 Å². The Hall–Kier alpha value is -1.23. The molecule has 20 heavy (non-hydrogen) atoms. The molecule has 2 aromatic rings. The highest BCUT2D eigenvalue weighted by Gasteiger charge is 2.24. The van der Waals surface area contributed by atoms with Gasteiger partial charge in [-0.3, -0.25) is 9.88 Å². The van der Waals surface area contributed by atoms with Crippen LogP contribution in [0.25, 0.3) is 0 Å². The Labute approximate surface area is 124 Å². The van der Waals surface area contributed by atoms with Gasteiger partial charge in [-0.25, -0.2) is 0 Å². The van der Waals surface area contributed by atoms with E-state index in [2.05, 4.69) is 51.1 Å². The lowest BCUT2D eigenvalue weighted by Gasteiger charge is -2.29. The molecule has 2 aromatic heterocycles. The molecule has 1 unspecified atom stereocenters. The predicted molar refractivity (Wildman–Crippen MR) is 84.2 cm³/mol. The molecule has 1 atom stereocenters. The molecule has 3 heterocycles. The number of hydrogen-bond acceptors (Lipinski definition) is 4. The van der Waals surface area contributed by atoms with Crippen molar-refractivity contribution in [2.45, 2.75) is 19.4 Å². The molecule has 1 fully saturated rings. The molecule has 0 aliphatic carbocycles. The molecule has 0 spiro atoms. The van der Waals surface area contributed by atoms with Gasteiger partial charge in [-0.15, -0.1) is 0 Å². The van der Waals surface area contributed by atoms with Gasteiger partial charge in [-0.2, -0.15) is 11.3 Å². The van der Waals surface area contributed by atoms with Crippen molar-refractivity contribution in [2.24, 2.45) is 0 Å². The number of nitrogens with one attached hydrogen (secondary N) is 1. The van der Waals surface area contributed by atoms with Gasteiger partial charge in [0.15, 0.2) is 0 Å². The number of aromatic nitrogens is 1. The fourth-order valence-electron chi connectivity index (χ4n) is 2.77. The van der Waals surface area contributed by atoms with E-state index in [1.165, 1.54) is 17.5 Å². The zero-order valence-corrected chi connectivity index (χ0v) is 12.7. The van der Waals surface area contributed by atoms with Crippen molar-refractivity contribution < 1.29 is 0 Å². The van der Waals surface area contributed by atoms with Gasteiger partial charge in [0.25, 0.3) is 0 Å². The van der Waals surface area contributed by atoms with Crippen LogP contribution < -0.4 is 5.32 Å². The van der Waals surface area contributed by atoms with Gasteiger partial charge < -0.3 is 5.32 Å². The van der Waals surface area contributed by atoms with Crippen molar-refractivity contribution in [1.82, 2.24) is 15.2 Å². The molecule has 1 N–H and O–H groups in total. The highest BCUT2D eigenvalue weighted by atomic mass is 32.1. The summed E-state index contributed by atoms with van der Waals surface area (Å²) in [5.41, 5.74) is 3.75. The summed E-state index contributed by atoms with van der Waals surface area (Å²) < 4.78 is 0. The minimum atomic E-state index is 0.293. The minimum absolute atomic E-state index is 0.293. The first kappa shape index (κ1) is 13.7. The van der Waals surface area contributed by atoms with Crippen molar-refractivity contribution in [2.75, 3.05) is 26.2 Å². The summed E-state index contributed by atoms with van der Waals surface area (Å²) in [4.78, 5) is 7.24. The molecule has 106 valence electrons. The van der Waals surface area contributed by atoms with E-state index < -0.39 is 0 Å². The molecule has 3 rings (SSSR count). The lowest BCUT2D eigenvalue weighted by atomic mass is 10.0. The number of rotatable bonds is 3. The summed E-state index contributed by atoms with van der Waals surface area (Å²) >= 11 is 1.76. The van der Waals surface area contributed by atoms with Gasteiger partial charge >= 0.3 is 0 Å². The van der Waals surface area contributed by atoms with E-state index in [0.29, 0.717) is 6.04 Å². The molecule has 3 nitrogen and oxygen atoms in total. The highest BCUT2D eigenvalue weighted by Crippen LogP contribution is 2.29. The fraction of sp³-hybridized carbons (Fsp3) is 0.438. The number of thiophene rings is 1. The highest BCUT2D eigenvalue weighted by molar-refractivity contribution is 7.08. The summed E-state index contributed by atoms with van der Waals surface area (Å²) in [6, 6.07) is 6.87. The molecule has 0 radical (unpaired) electrons. The third-order valence-electron chi connectivity index (χ3n) is 3.81. The van der Waals surface area contributed by atoms with E-state index >= 15 is 0 Å². The molecule has 0 saturated carbocycles. The average molecular weight is 287 g/mol. The first-order chi connectivity index (χ1) is 9.84. The lowest BCUT2D eigenvalue weighted by molar-refractivity contribution is 0.237. The zero-order valence-electron chi connectivity index (χ0n) is 11.9. The summed E-state index contributed by atoms with van der Waals surface area (Å²) in [7, 11) is 0. The third-order valence-corrected chi connectivity index (χ3v) is 4.51. The largest absolute Gasteiger partial charge is 0.315 e. The van der Waals surface area contributed by atoms with E-state index in [9.17, 15) is 0 Å². The Morgan fingerprint density at radius 3 is 2.95 bits per heavy atom. The van der Waals surface area contributed by atoms with E-state index in [1.54, 1.807) is 11.3 Å². The molecule has 0 aromatic carbocycles. The maximum atomic E-state index is 4.68. The van der Waals surface area contributed by atoms with Crippen LogP contribution in [0.4, 0.5) is 0 Å². The number of nitrogens with zero attached hydrogens (tertiary/aromatic N) is 2. The van der Waals surface area contributed by atoms with Crippen LogP contribution in [0.2, 0.25) is 0 Å². The Balaban J connectivity index is 1.93. The van der Waals surface area contributed by atoms with E-state index in [-0.39, 0.29) is 0 Å². The first-order valence-corrected chi connectivity index (χ1v) is 8.18. The van der Waals surface area contributed by atoms with Gasteiger partial charge in [0.05, 0.1) is 11.7 Å². The summed E-state index contributed by atoms with van der Waals surface area (Å²) in [6.07, 6.45) is 3.18. The molecule has 1 aliphatic rings. The summed E-state index contributed by atoms with van der Waals surface area (Å²) in [5, 5.41) is 7.89. The third kappa shape index (κ3) is 3.08. The van der Waals surface area contributed by atoms with Crippen LogP contribution in [0.3, 0.4) is 0 Å². The van der Waals surface area contributed by atoms with E-state index in [1.807, 2.05) is 6.20 Å². The smallest absolute Gasteiger partial charge is 0.0784 e. The van der Waals surface area contributed by atoms with Crippen LogP contribution in [0.15, 0.2) is 35.2 Å². The number of pyridine rings is 1. The van der Waals surface area contributed by atoms with Crippen LogP contribution in [-0.4, -0.2) is 36.1 Å². The second kappa shape index (κ2) is 6.48. The van der Waals surface area contributed by atoms with Crippen molar-refractivity contribution in [3.05, 3.63) is 52.0 Å². The normalized spacial score (nSPS) is 18.6. The van der Waals surface area contributed by atoms with Crippen LogP contribution in [0.1, 0.15) is 29.3 Å². The maximum Gasteiger partial charge on any atom is 0.0784 e. The van der Waals surface area contributed by atoms with Crippen LogP contribution >= 0.6 is 11.3 Å². The Morgan fingerprint density at radius 1 is 1.25 bits per heavy atom. The van der Waals surface area contributed by atoms with Gasteiger partial charge in [0.1, 0.15) is 0 Å². The second-order valence-corrected chi connectivity index (χ2v) is 6.14. The van der Waals surface area contributed by atoms with Crippen molar-refractivity contribution in [1.29, 1.82) is 0 Å². The predicted octanol–water partition coefficient (Wildman–Crippen LogP) is 2.84. The first-order valence-electron chi connectivity index (χ1n) is 7.24. The van der Waals surface area contributed by atoms with Crippen molar-refractivity contribution in [3.63, 3.8) is 0 Å². The van der Waals surface area contributed by atoms with Gasteiger partial charge in [-0.05, 0) is 53.9 Å². The SMILES string of the molecule is Cc1ccc(C(c2ccsc2)N2CCCNCC2)nc1. The molecule has 1 saturated heterocycles. The van der Waals surface area contributed by atoms with Crippen LogP contribution in [0, 0.1) is 6.92 Å². The Morgan fingerprint density at radius 2 is 2.20 bits per heavy atom. The fourth-order valence-corrected chi connectivity index (χ4v) is 3.44. The molecule has 1 aliphatic heterocycles. The second-order valence-electron chi connectivity index (χ2n) is 5.36. The Bertz CT molecular complexity index is 513. The number of aryl methyl sites for hydroxylation is 1. The van der Waals surface area contributed by atoms with Crippen molar-refractivity contribution in [3.8, 4) is 0 Å². The van der Waals surface area contributed by atoms with E-state index in [4.69, 9.17) is 0 Å². The van der Waals surface area contributed by atoms with Gasteiger partial charge in [-0.1, -0.05) is 6.07 Å². The van der Waals surface area contributed by atoms with Crippen molar-refractivity contribution >= 4 is 11.3 Å². The maximum absolute atomic E-state index is 4.68. The Kier molecular flexibility index (Phi) is 4.45. The quantitative estimate of drug-likeness (QED) is 0.941. The summed E-state index contributed by atoms with van der Waals surface area (Å²) in [5.74, 6) is 0. The molecular weight excluding hydrogens is 266 g/mol. The zero-order chi connectivity index (χ0) is 13.8. The average Bonchev–Trinajstić information content (AvgIpc) is 2.85. The van der Waals surface area contributed by atoms with Crippen LogP contribution in [-0.2, 0) is 0 Å². The molecule has 0 amide bonds. The topological polar surface area (TPSA) is 28.2 Å². The van der Waals surface area contributed by atoms with Crippen LogP contribution in [0.5, 0.6) is 0 Å². The molecular formula is C16H21N3S. The van der Waals surface area contributed by atoms with E-state index in [0.717, 1.165) is 31.9 Å². The molecule has 4 heteroatoms. The standard InChI is InChI=1S/C16H21N3S/c1-13-3-4-15(18-11-13)16(14-5-10-20-12-14)19-8-2-6-17-7-9-19/h3-5,10-12,16-17H,2,6-9H2,1H3. The minimum Gasteiger partial charge on any atom is -0.315 e. The molecule has 0 bridgehead atoms. The van der Waals surface area contributed by atoms with Gasteiger partial charge in [0.2, 0.25) is 0 Å². The summed E-state index contributed by atoms with van der Waals surface area (Å²) in [6.45, 7) is 6.48. The monoisotopic (exact) mass is 287 g/mol. The number of hydrogen-bond donors (Lipinski definition) is 1. The lowest BCUT2D eigenvalue weighted by Crippen LogP contribution is -2.33.